The van der Waals surface area contributed by atoms with Gasteiger partial charge in [0, 0.05) is 28.0 Å². The third-order valence-corrected chi connectivity index (χ3v) is 5.09. The van der Waals surface area contributed by atoms with Crippen molar-refractivity contribution in [2.75, 3.05) is 29.9 Å². The van der Waals surface area contributed by atoms with Crippen molar-refractivity contribution >= 4 is 45.8 Å². The number of esters is 1. The van der Waals surface area contributed by atoms with Gasteiger partial charge < -0.3 is 15.0 Å². The van der Waals surface area contributed by atoms with Crippen LogP contribution in [0.15, 0.2) is 42.5 Å². The first-order valence-corrected chi connectivity index (χ1v) is 9.69. The van der Waals surface area contributed by atoms with Gasteiger partial charge in [-0.3, -0.25) is 4.79 Å². The molecule has 1 amide bonds. The minimum absolute atomic E-state index is 0.307. The van der Waals surface area contributed by atoms with Gasteiger partial charge in [0.15, 0.2) is 6.61 Å². The fourth-order valence-electron chi connectivity index (χ4n) is 2.95. The van der Waals surface area contributed by atoms with Crippen molar-refractivity contribution in [1.82, 2.24) is 0 Å². The topological polar surface area (TPSA) is 58.6 Å². The van der Waals surface area contributed by atoms with E-state index in [2.05, 4.69) is 38.9 Å². The number of carbonyl (C=O) groups excluding carboxylic acids is 2. The van der Waals surface area contributed by atoms with Gasteiger partial charge in [-0.05, 0) is 90.4 Å². The molecule has 26 heavy (non-hydrogen) atoms. The number of halogens is 1. The largest absolute Gasteiger partial charge is 0.452 e. The first kappa shape index (κ1) is 18.7. The van der Waals surface area contributed by atoms with Gasteiger partial charge in [0.1, 0.15) is 0 Å². The number of ether oxygens (including phenoxy) is 1. The number of anilines is 2. The molecule has 5 nitrogen and oxygen atoms in total. The zero-order valence-corrected chi connectivity index (χ0v) is 16.8. The number of amides is 1. The van der Waals surface area contributed by atoms with Crippen molar-refractivity contribution in [3.8, 4) is 0 Å². The van der Waals surface area contributed by atoms with E-state index in [1.54, 1.807) is 12.1 Å². The number of hydrogen-bond acceptors (Lipinski definition) is 4. The normalized spacial score (nSPS) is 13.5. The van der Waals surface area contributed by atoms with Crippen LogP contribution in [0, 0.1) is 10.5 Å². The second-order valence-corrected chi connectivity index (χ2v) is 7.57. The Morgan fingerprint density at radius 1 is 1.12 bits per heavy atom. The molecule has 6 heteroatoms. The van der Waals surface area contributed by atoms with E-state index < -0.39 is 5.97 Å². The lowest BCUT2D eigenvalue weighted by Gasteiger charge is -2.19. The fraction of sp³-hybridized carbons (Fsp3) is 0.300. The van der Waals surface area contributed by atoms with Gasteiger partial charge in [-0.15, -0.1) is 0 Å². The summed E-state index contributed by atoms with van der Waals surface area (Å²) in [6, 6.07) is 13.0. The molecule has 1 aliphatic heterocycles. The van der Waals surface area contributed by atoms with E-state index in [-0.39, 0.29) is 12.5 Å². The Hall–Kier alpha value is -2.09. The van der Waals surface area contributed by atoms with Crippen LogP contribution in [0.3, 0.4) is 0 Å². The van der Waals surface area contributed by atoms with E-state index in [1.807, 2.05) is 31.2 Å². The number of hydrogen-bond donors (Lipinski definition) is 1. The van der Waals surface area contributed by atoms with Crippen molar-refractivity contribution < 1.29 is 14.3 Å². The molecule has 2 aromatic rings. The molecule has 1 N–H and O–H groups in total. The Morgan fingerprint density at radius 2 is 1.81 bits per heavy atom. The van der Waals surface area contributed by atoms with Gasteiger partial charge >= 0.3 is 5.97 Å². The predicted molar refractivity (Wildman–Crippen MR) is 111 cm³/mol. The molecule has 1 fully saturated rings. The number of nitrogens with zero attached hydrogens (tertiary/aromatic N) is 1. The molecule has 0 aliphatic carbocycles. The molecule has 1 saturated heterocycles. The molecular weight excluding hydrogens is 443 g/mol. The van der Waals surface area contributed by atoms with Crippen LogP contribution in [-0.4, -0.2) is 31.6 Å². The fourth-order valence-corrected chi connectivity index (χ4v) is 3.31. The second-order valence-electron chi connectivity index (χ2n) is 6.32. The van der Waals surface area contributed by atoms with Crippen LogP contribution in [0.2, 0.25) is 0 Å². The molecule has 0 bridgehead atoms. The maximum absolute atomic E-state index is 12.1. The molecule has 3 rings (SSSR count). The minimum atomic E-state index is -0.502. The summed E-state index contributed by atoms with van der Waals surface area (Å²) in [5.74, 6) is -0.849. The average molecular weight is 464 g/mol. The van der Waals surface area contributed by atoms with Crippen molar-refractivity contribution in [2.45, 2.75) is 19.8 Å². The van der Waals surface area contributed by atoms with E-state index in [0.717, 1.165) is 27.9 Å². The summed E-state index contributed by atoms with van der Waals surface area (Å²) in [5, 5.41) is 2.81. The summed E-state index contributed by atoms with van der Waals surface area (Å²) < 4.78 is 6.12. The van der Waals surface area contributed by atoms with Crippen LogP contribution in [0.4, 0.5) is 11.4 Å². The van der Waals surface area contributed by atoms with Crippen LogP contribution in [0.25, 0.3) is 0 Å². The second kappa shape index (κ2) is 8.53. The summed E-state index contributed by atoms with van der Waals surface area (Å²) in [5.41, 5.74) is 3.35. The van der Waals surface area contributed by atoms with Crippen LogP contribution >= 0.6 is 22.6 Å². The van der Waals surface area contributed by atoms with E-state index in [4.69, 9.17) is 4.74 Å². The Morgan fingerprint density at radius 3 is 2.46 bits per heavy atom. The average Bonchev–Trinajstić information content (AvgIpc) is 3.17. The zero-order valence-electron chi connectivity index (χ0n) is 14.6. The van der Waals surface area contributed by atoms with Gasteiger partial charge in [0.05, 0.1) is 5.56 Å². The highest BCUT2D eigenvalue weighted by Crippen LogP contribution is 2.25. The minimum Gasteiger partial charge on any atom is -0.452 e. The molecule has 0 atom stereocenters. The van der Waals surface area contributed by atoms with Crippen molar-refractivity contribution in [2.24, 2.45) is 0 Å². The first-order chi connectivity index (χ1) is 12.5. The van der Waals surface area contributed by atoms with Crippen LogP contribution < -0.4 is 10.2 Å². The summed E-state index contributed by atoms with van der Waals surface area (Å²) in [7, 11) is 0. The highest BCUT2D eigenvalue weighted by molar-refractivity contribution is 14.1. The predicted octanol–water partition coefficient (Wildman–Crippen LogP) is 4.00. The van der Waals surface area contributed by atoms with Gasteiger partial charge in [0.25, 0.3) is 5.91 Å². The highest BCUT2D eigenvalue weighted by atomic mass is 127. The van der Waals surface area contributed by atoms with Gasteiger partial charge in [-0.25, -0.2) is 4.79 Å². The van der Waals surface area contributed by atoms with Gasteiger partial charge in [-0.2, -0.15) is 0 Å². The van der Waals surface area contributed by atoms with Gasteiger partial charge in [-0.1, -0.05) is 0 Å². The lowest BCUT2D eigenvalue weighted by atomic mass is 10.1. The van der Waals surface area contributed by atoms with Crippen molar-refractivity contribution in [3.63, 3.8) is 0 Å². The molecule has 136 valence electrons. The molecule has 0 radical (unpaired) electrons. The molecule has 0 spiro atoms. The monoisotopic (exact) mass is 464 g/mol. The van der Waals surface area contributed by atoms with E-state index in [0.29, 0.717) is 5.56 Å². The molecular formula is C20H21IN2O3. The summed E-state index contributed by atoms with van der Waals surface area (Å²) in [6.45, 7) is 3.82. The summed E-state index contributed by atoms with van der Waals surface area (Å²) in [6.07, 6.45) is 2.45. The molecule has 1 heterocycles. The SMILES string of the molecule is Cc1cc(N2CCCC2)ccc1NC(=O)COC(=O)c1ccc(I)cc1. The molecule has 0 saturated carbocycles. The Bertz CT molecular complexity index is 799. The van der Waals surface area contributed by atoms with Crippen molar-refractivity contribution in [1.29, 1.82) is 0 Å². The first-order valence-electron chi connectivity index (χ1n) is 8.61. The number of nitrogens with one attached hydrogen (secondary N) is 1. The lowest BCUT2D eigenvalue weighted by molar-refractivity contribution is -0.119. The molecule has 2 aromatic carbocycles. The zero-order chi connectivity index (χ0) is 18.5. The molecule has 0 unspecified atom stereocenters. The molecule has 1 aliphatic rings. The highest BCUT2D eigenvalue weighted by Gasteiger charge is 2.14. The summed E-state index contributed by atoms with van der Waals surface area (Å²) in [4.78, 5) is 26.4. The van der Waals surface area contributed by atoms with Gasteiger partial charge in [0.2, 0.25) is 0 Å². The van der Waals surface area contributed by atoms with E-state index >= 15 is 0 Å². The number of aryl methyl sites for hydroxylation is 1. The Kier molecular flexibility index (Phi) is 6.13. The summed E-state index contributed by atoms with van der Waals surface area (Å²) >= 11 is 2.16. The maximum atomic E-state index is 12.1. The number of carbonyl (C=O) groups is 2. The maximum Gasteiger partial charge on any atom is 0.338 e. The lowest BCUT2D eigenvalue weighted by Crippen LogP contribution is -2.22. The third kappa shape index (κ3) is 4.75. The van der Waals surface area contributed by atoms with Crippen LogP contribution in [0.1, 0.15) is 28.8 Å². The van der Waals surface area contributed by atoms with Crippen molar-refractivity contribution in [3.05, 3.63) is 57.2 Å². The molecule has 0 aromatic heterocycles. The van der Waals surface area contributed by atoms with Crippen LogP contribution in [0.5, 0.6) is 0 Å². The standard InChI is InChI=1S/C20H21IN2O3/c1-14-12-17(23-10-2-3-11-23)8-9-18(14)22-19(24)13-26-20(25)15-4-6-16(21)7-5-15/h4-9,12H,2-3,10-11,13H2,1H3,(H,22,24). The quantitative estimate of drug-likeness (QED) is 0.537. The number of benzene rings is 2. The van der Waals surface area contributed by atoms with E-state index in [9.17, 15) is 9.59 Å². The Labute approximate surface area is 166 Å². The van der Waals surface area contributed by atoms with E-state index in [1.165, 1.54) is 18.5 Å². The number of rotatable bonds is 5. The van der Waals surface area contributed by atoms with Crippen LogP contribution in [-0.2, 0) is 9.53 Å². The third-order valence-electron chi connectivity index (χ3n) is 4.37. The smallest absolute Gasteiger partial charge is 0.338 e. The Balaban J connectivity index is 1.54.